The van der Waals surface area contributed by atoms with Crippen LogP contribution in [0.2, 0.25) is 0 Å². The fourth-order valence-electron chi connectivity index (χ4n) is 8.71. The van der Waals surface area contributed by atoms with Crippen LogP contribution in [0.3, 0.4) is 0 Å². The number of benzene rings is 10. The second-order valence-electron chi connectivity index (χ2n) is 14.9. The topological polar surface area (TPSA) is 16.4 Å². The van der Waals surface area contributed by atoms with Crippen molar-refractivity contribution in [3.8, 4) is 44.5 Å². The van der Waals surface area contributed by atoms with Crippen molar-refractivity contribution in [1.82, 2.24) is 0 Å². The van der Waals surface area contributed by atoms with E-state index in [0.717, 1.165) is 50.1 Å². The lowest BCUT2D eigenvalue weighted by atomic mass is 9.93. The Labute approximate surface area is 337 Å². The maximum Gasteiger partial charge on any atom is 0.143 e. The molecule has 0 radical (unpaired) electrons. The van der Waals surface area contributed by atoms with E-state index in [-0.39, 0.29) is 0 Å². The van der Waals surface area contributed by atoms with Crippen molar-refractivity contribution in [3.63, 3.8) is 0 Å². The molecule has 0 saturated carbocycles. The summed E-state index contributed by atoms with van der Waals surface area (Å²) in [6, 6.07) is 80.5. The van der Waals surface area contributed by atoms with E-state index >= 15 is 0 Å². The minimum Gasteiger partial charge on any atom is -0.455 e. The first-order chi connectivity index (χ1) is 28.8. The number of furan rings is 1. The zero-order valence-electron chi connectivity index (χ0n) is 31.7. The molecule has 272 valence electrons. The predicted octanol–water partition coefficient (Wildman–Crippen LogP) is 16.0. The van der Waals surface area contributed by atoms with Crippen LogP contribution in [0.25, 0.3) is 88.0 Å². The van der Waals surface area contributed by atoms with Crippen molar-refractivity contribution >= 4 is 60.5 Å². The highest BCUT2D eigenvalue weighted by Crippen LogP contribution is 2.43. The van der Waals surface area contributed by atoms with Crippen molar-refractivity contribution in [2.75, 3.05) is 4.90 Å². The van der Waals surface area contributed by atoms with Gasteiger partial charge in [0.1, 0.15) is 11.2 Å². The summed E-state index contributed by atoms with van der Waals surface area (Å²) >= 11 is 0. The summed E-state index contributed by atoms with van der Waals surface area (Å²) in [5.41, 5.74) is 14.3. The molecule has 0 amide bonds. The van der Waals surface area contributed by atoms with Crippen molar-refractivity contribution in [1.29, 1.82) is 0 Å². The minimum atomic E-state index is 0.849. The van der Waals surface area contributed by atoms with Gasteiger partial charge >= 0.3 is 0 Å². The molecule has 10 aromatic carbocycles. The second-order valence-corrected chi connectivity index (χ2v) is 14.9. The van der Waals surface area contributed by atoms with Gasteiger partial charge < -0.3 is 9.32 Å². The molecule has 2 heteroatoms. The molecule has 1 aromatic heterocycles. The zero-order chi connectivity index (χ0) is 38.4. The lowest BCUT2D eigenvalue weighted by Crippen LogP contribution is -2.09. The largest absolute Gasteiger partial charge is 0.455 e. The summed E-state index contributed by atoms with van der Waals surface area (Å²) in [4.78, 5) is 2.33. The quantitative estimate of drug-likeness (QED) is 0.162. The van der Waals surface area contributed by atoms with Crippen LogP contribution in [0.4, 0.5) is 17.1 Å². The molecule has 58 heavy (non-hydrogen) atoms. The van der Waals surface area contributed by atoms with Gasteiger partial charge in [0.05, 0.1) is 0 Å². The van der Waals surface area contributed by atoms with Crippen LogP contribution in [-0.4, -0.2) is 0 Å². The van der Waals surface area contributed by atoms with Gasteiger partial charge in [-0.3, -0.25) is 0 Å². The third-order valence-corrected chi connectivity index (χ3v) is 11.5. The fourth-order valence-corrected chi connectivity index (χ4v) is 8.71. The summed E-state index contributed by atoms with van der Waals surface area (Å²) in [6.45, 7) is 0. The smallest absolute Gasteiger partial charge is 0.143 e. The van der Waals surface area contributed by atoms with Gasteiger partial charge in [-0.05, 0) is 96.9 Å². The summed E-state index contributed by atoms with van der Waals surface area (Å²) in [5.74, 6) is 0. The third kappa shape index (κ3) is 5.82. The molecule has 0 aliphatic carbocycles. The lowest BCUT2D eigenvalue weighted by molar-refractivity contribution is 0.670. The number of hydrogen-bond acceptors (Lipinski definition) is 2. The highest BCUT2D eigenvalue weighted by atomic mass is 16.3. The van der Waals surface area contributed by atoms with E-state index in [2.05, 4.69) is 229 Å². The average molecular weight is 740 g/mol. The molecule has 0 aliphatic heterocycles. The van der Waals surface area contributed by atoms with Crippen molar-refractivity contribution in [3.05, 3.63) is 224 Å². The van der Waals surface area contributed by atoms with E-state index in [4.69, 9.17) is 4.42 Å². The fraction of sp³-hybridized carbons (Fsp3) is 0. The Morgan fingerprint density at radius 2 is 0.724 bits per heavy atom. The summed E-state index contributed by atoms with van der Waals surface area (Å²) < 4.78 is 6.90. The average Bonchev–Trinajstić information content (AvgIpc) is 3.68. The molecule has 1 heterocycles. The van der Waals surface area contributed by atoms with Crippen molar-refractivity contribution < 1.29 is 4.42 Å². The molecule has 0 fully saturated rings. The molecule has 0 bridgehead atoms. The van der Waals surface area contributed by atoms with Crippen LogP contribution < -0.4 is 4.90 Å². The van der Waals surface area contributed by atoms with Gasteiger partial charge in [-0.1, -0.05) is 182 Å². The lowest BCUT2D eigenvalue weighted by Gasteiger charge is -2.26. The Morgan fingerprint density at radius 3 is 1.36 bits per heavy atom. The van der Waals surface area contributed by atoms with Gasteiger partial charge in [0.25, 0.3) is 0 Å². The number of hydrogen-bond donors (Lipinski definition) is 0. The highest BCUT2D eigenvalue weighted by Gasteiger charge is 2.19. The predicted molar refractivity (Wildman–Crippen MR) is 245 cm³/mol. The van der Waals surface area contributed by atoms with Crippen molar-refractivity contribution in [2.45, 2.75) is 0 Å². The molecule has 0 aliphatic rings. The van der Waals surface area contributed by atoms with Crippen LogP contribution in [0.5, 0.6) is 0 Å². The first kappa shape index (κ1) is 33.6. The molecule has 0 N–H and O–H groups in total. The number of rotatable bonds is 7. The van der Waals surface area contributed by atoms with Gasteiger partial charge in [0.2, 0.25) is 0 Å². The highest BCUT2D eigenvalue weighted by molar-refractivity contribution is 6.11. The zero-order valence-corrected chi connectivity index (χ0v) is 31.7. The van der Waals surface area contributed by atoms with Crippen LogP contribution in [0.1, 0.15) is 0 Å². The minimum absolute atomic E-state index is 0.849. The number of nitrogens with zero attached hydrogens (tertiary/aromatic N) is 1. The van der Waals surface area contributed by atoms with Crippen LogP contribution in [0.15, 0.2) is 229 Å². The Bertz CT molecular complexity index is 3130. The summed E-state index contributed by atoms with van der Waals surface area (Å²) in [6.07, 6.45) is 0. The number of para-hydroxylation sites is 1. The monoisotopic (exact) mass is 739 g/mol. The Balaban J connectivity index is 1.04. The van der Waals surface area contributed by atoms with E-state index in [0.29, 0.717) is 0 Å². The maximum absolute atomic E-state index is 6.90. The molecule has 11 aromatic rings. The molecule has 0 spiro atoms. The van der Waals surface area contributed by atoms with E-state index in [1.807, 2.05) is 0 Å². The standard InChI is InChI=1S/C56H37NO/c1-2-13-38(14-3-1)50-21-8-9-22-51(50)53-25-12-26-54-52-36-35-45(37-55(52)58-56(53)54)57(43-31-27-41(28-32-43)48-23-10-17-39-15-4-6-19-46(39)48)44-33-29-42(30-34-44)49-24-11-18-40-16-5-7-20-47(40)49/h1-37H. The maximum atomic E-state index is 6.90. The molecular formula is C56H37NO. The van der Waals surface area contributed by atoms with E-state index in [1.54, 1.807) is 0 Å². The molecule has 11 rings (SSSR count). The van der Waals surface area contributed by atoms with E-state index < -0.39 is 0 Å². The summed E-state index contributed by atoms with van der Waals surface area (Å²) in [7, 11) is 0. The Kier molecular flexibility index (Phi) is 8.19. The molecule has 2 nitrogen and oxygen atoms in total. The Hall–Kier alpha value is -7.68. The van der Waals surface area contributed by atoms with Gasteiger partial charge in [0.15, 0.2) is 0 Å². The van der Waals surface area contributed by atoms with Crippen LogP contribution in [-0.2, 0) is 0 Å². The normalized spacial score (nSPS) is 11.4. The number of fused-ring (bicyclic) bond motifs is 5. The Morgan fingerprint density at radius 1 is 0.276 bits per heavy atom. The third-order valence-electron chi connectivity index (χ3n) is 11.5. The SMILES string of the molecule is c1ccc(-c2ccccc2-c2cccc3c2oc2cc(N(c4ccc(-c5cccc6ccccc56)cc4)c4ccc(-c5cccc6ccccc56)cc4)ccc23)cc1. The van der Waals surface area contributed by atoms with Gasteiger partial charge in [-0.2, -0.15) is 0 Å². The second kappa shape index (κ2) is 14.1. The molecule has 0 saturated heterocycles. The molecular weight excluding hydrogens is 703 g/mol. The van der Waals surface area contributed by atoms with Gasteiger partial charge in [-0.15, -0.1) is 0 Å². The van der Waals surface area contributed by atoms with E-state index in [1.165, 1.54) is 54.9 Å². The van der Waals surface area contributed by atoms with Crippen LogP contribution in [0, 0.1) is 0 Å². The first-order valence-electron chi connectivity index (χ1n) is 19.8. The van der Waals surface area contributed by atoms with Gasteiger partial charge in [0, 0.05) is 39.5 Å². The van der Waals surface area contributed by atoms with Gasteiger partial charge in [-0.25, -0.2) is 0 Å². The number of anilines is 3. The van der Waals surface area contributed by atoms with Crippen molar-refractivity contribution in [2.24, 2.45) is 0 Å². The van der Waals surface area contributed by atoms with Crippen LogP contribution >= 0.6 is 0 Å². The molecule has 0 atom stereocenters. The summed E-state index contributed by atoms with van der Waals surface area (Å²) in [5, 5.41) is 7.17. The molecule has 0 unspecified atom stereocenters. The first-order valence-corrected chi connectivity index (χ1v) is 19.8. The van der Waals surface area contributed by atoms with E-state index in [9.17, 15) is 0 Å².